The summed E-state index contributed by atoms with van der Waals surface area (Å²) in [6, 6.07) is 0.423. The summed E-state index contributed by atoms with van der Waals surface area (Å²) in [7, 11) is 0. The fourth-order valence-corrected chi connectivity index (χ4v) is 0.321. The minimum Gasteiger partial charge on any atom is -0.308 e. The first-order valence-corrected chi connectivity index (χ1v) is 3.17. The minimum absolute atomic E-state index is 0.423. The summed E-state index contributed by atoms with van der Waals surface area (Å²) in [5.41, 5.74) is 2.90. The average molecular weight is 126 g/mol. The molecule has 0 fully saturated rings. The number of rotatable bonds is 3. The molecular formula is C7H14N2. The van der Waals surface area contributed by atoms with Crippen molar-refractivity contribution in [1.29, 1.82) is 0 Å². The number of nitrogens with zero attached hydrogens (tertiary/aromatic N) is 1. The predicted octanol–water partition coefficient (Wildman–Crippen LogP) is 1.55. The SMILES string of the molecule is C/C=C/C=N\NC(C)C. The van der Waals surface area contributed by atoms with Gasteiger partial charge in [-0.25, -0.2) is 0 Å². The molecule has 0 amide bonds. The van der Waals surface area contributed by atoms with E-state index in [4.69, 9.17) is 0 Å². The van der Waals surface area contributed by atoms with Crippen molar-refractivity contribution < 1.29 is 0 Å². The molecule has 0 aliphatic heterocycles. The van der Waals surface area contributed by atoms with Gasteiger partial charge in [0.05, 0.1) is 0 Å². The second-order valence-electron chi connectivity index (χ2n) is 2.09. The van der Waals surface area contributed by atoms with Crippen molar-refractivity contribution in [1.82, 2.24) is 5.43 Å². The zero-order valence-corrected chi connectivity index (χ0v) is 6.26. The van der Waals surface area contributed by atoms with Gasteiger partial charge in [0.1, 0.15) is 0 Å². The molecule has 0 aromatic carbocycles. The number of hydrogen-bond acceptors (Lipinski definition) is 2. The molecule has 0 atom stereocenters. The summed E-state index contributed by atoms with van der Waals surface area (Å²) in [6.07, 6.45) is 5.56. The maximum Gasteiger partial charge on any atom is 0.0464 e. The van der Waals surface area contributed by atoms with Crippen molar-refractivity contribution in [2.75, 3.05) is 0 Å². The van der Waals surface area contributed by atoms with Crippen LogP contribution in [0.4, 0.5) is 0 Å². The van der Waals surface area contributed by atoms with E-state index in [9.17, 15) is 0 Å². The van der Waals surface area contributed by atoms with E-state index < -0.39 is 0 Å². The van der Waals surface area contributed by atoms with Gasteiger partial charge < -0.3 is 5.43 Å². The van der Waals surface area contributed by atoms with Crippen LogP contribution < -0.4 is 5.43 Å². The van der Waals surface area contributed by atoms with Crippen molar-refractivity contribution in [2.45, 2.75) is 26.8 Å². The molecular weight excluding hydrogens is 112 g/mol. The largest absolute Gasteiger partial charge is 0.308 e. The molecule has 2 nitrogen and oxygen atoms in total. The monoisotopic (exact) mass is 126 g/mol. The molecule has 0 radical (unpaired) electrons. The lowest BCUT2D eigenvalue weighted by Crippen LogP contribution is -2.15. The third-order valence-electron chi connectivity index (χ3n) is 0.686. The second-order valence-corrected chi connectivity index (χ2v) is 2.09. The number of nitrogens with one attached hydrogen (secondary N) is 1. The zero-order valence-electron chi connectivity index (χ0n) is 6.26. The van der Waals surface area contributed by atoms with Crippen LogP contribution in [0.5, 0.6) is 0 Å². The van der Waals surface area contributed by atoms with Crippen LogP contribution in [-0.4, -0.2) is 12.3 Å². The molecule has 0 rings (SSSR count). The lowest BCUT2D eigenvalue weighted by Gasteiger charge is -1.99. The standard InChI is InChI=1S/C7H14N2/c1-4-5-6-8-9-7(2)3/h4-7,9H,1-3H3/b5-4+,8-6-. The summed E-state index contributed by atoms with van der Waals surface area (Å²) in [5.74, 6) is 0. The molecule has 9 heavy (non-hydrogen) atoms. The summed E-state index contributed by atoms with van der Waals surface area (Å²) < 4.78 is 0. The van der Waals surface area contributed by atoms with Crippen molar-refractivity contribution >= 4 is 6.21 Å². The van der Waals surface area contributed by atoms with E-state index in [1.165, 1.54) is 0 Å². The van der Waals surface area contributed by atoms with Gasteiger partial charge in [0.15, 0.2) is 0 Å². The average Bonchev–Trinajstić information content (AvgIpc) is 1.80. The van der Waals surface area contributed by atoms with Gasteiger partial charge in [-0.05, 0) is 26.8 Å². The van der Waals surface area contributed by atoms with Crippen molar-refractivity contribution in [3.63, 3.8) is 0 Å². The van der Waals surface area contributed by atoms with Gasteiger partial charge >= 0.3 is 0 Å². The molecule has 0 bridgehead atoms. The Morgan fingerprint density at radius 2 is 2.11 bits per heavy atom. The lowest BCUT2D eigenvalue weighted by molar-refractivity contribution is 0.623. The van der Waals surface area contributed by atoms with E-state index in [0.717, 1.165) is 0 Å². The number of hydrazone groups is 1. The Balaban J connectivity index is 3.25. The minimum atomic E-state index is 0.423. The van der Waals surface area contributed by atoms with Crippen LogP contribution in [0.15, 0.2) is 17.3 Å². The van der Waals surface area contributed by atoms with Crippen LogP contribution in [0.3, 0.4) is 0 Å². The fraction of sp³-hybridized carbons (Fsp3) is 0.571. The second kappa shape index (κ2) is 5.35. The molecule has 0 aliphatic rings. The van der Waals surface area contributed by atoms with Crippen LogP contribution in [0.25, 0.3) is 0 Å². The quantitative estimate of drug-likeness (QED) is 0.450. The first-order chi connectivity index (χ1) is 4.27. The number of hydrogen-bond donors (Lipinski definition) is 1. The Labute approximate surface area is 56.7 Å². The van der Waals surface area contributed by atoms with Crippen LogP contribution in [0.1, 0.15) is 20.8 Å². The molecule has 0 aliphatic carbocycles. The van der Waals surface area contributed by atoms with Gasteiger partial charge in [0, 0.05) is 12.3 Å². The van der Waals surface area contributed by atoms with Gasteiger partial charge in [0.2, 0.25) is 0 Å². The summed E-state index contributed by atoms with van der Waals surface area (Å²) in [4.78, 5) is 0. The molecule has 0 heterocycles. The molecule has 1 N–H and O–H groups in total. The molecule has 0 saturated carbocycles. The predicted molar refractivity (Wildman–Crippen MR) is 41.6 cm³/mol. The van der Waals surface area contributed by atoms with Gasteiger partial charge in [-0.3, -0.25) is 0 Å². The molecule has 0 unspecified atom stereocenters. The molecule has 0 spiro atoms. The van der Waals surface area contributed by atoms with Gasteiger partial charge in [-0.15, -0.1) is 0 Å². The highest BCUT2D eigenvalue weighted by Gasteiger charge is 1.81. The van der Waals surface area contributed by atoms with E-state index in [2.05, 4.69) is 10.5 Å². The highest BCUT2D eigenvalue weighted by atomic mass is 15.3. The topological polar surface area (TPSA) is 24.4 Å². The Kier molecular flexibility index (Phi) is 4.88. The fourth-order valence-electron chi connectivity index (χ4n) is 0.321. The van der Waals surface area contributed by atoms with Gasteiger partial charge in [-0.1, -0.05) is 6.08 Å². The highest BCUT2D eigenvalue weighted by Crippen LogP contribution is 1.73. The summed E-state index contributed by atoms with van der Waals surface area (Å²) in [5, 5.41) is 3.90. The van der Waals surface area contributed by atoms with Crippen LogP contribution in [-0.2, 0) is 0 Å². The van der Waals surface area contributed by atoms with E-state index >= 15 is 0 Å². The van der Waals surface area contributed by atoms with E-state index in [1.807, 2.05) is 32.9 Å². The Morgan fingerprint density at radius 1 is 1.44 bits per heavy atom. The summed E-state index contributed by atoms with van der Waals surface area (Å²) >= 11 is 0. The first kappa shape index (κ1) is 8.21. The normalized spacial score (nSPS) is 12.0. The van der Waals surface area contributed by atoms with E-state index in [0.29, 0.717) is 6.04 Å². The van der Waals surface area contributed by atoms with E-state index in [-0.39, 0.29) is 0 Å². The zero-order chi connectivity index (χ0) is 7.11. The highest BCUT2D eigenvalue weighted by molar-refractivity contribution is 5.70. The molecule has 0 saturated heterocycles. The summed E-state index contributed by atoms with van der Waals surface area (Å²) in [6.45, 7) is 6.06. The Bertz CT molecular complexity index is 103. The van der Waals surface area contributed by atoms with Crippen molar-refractivity contribution in [3.8, 4) is 0 Å². The van der Waals surface area contributed by atoms with Gasteiger partial charge in [0.25, 0.3) is 0 Å². The van der Waals surface area contributed by atoms with Crippen molar-refractivity contribution in [2.24, 2.45) is 5.10 Å². The maximum absolute atomic E-state index is 3.90. The maximum atomic E-state index is 3.90. The smallest absolute Gasteiger partial charge is 0.0464 e. The first-order valence-electron chi connectivity index (χ1n) is 3.17. The number of allylic oxidation sites excluding steroid dienone is 2. The van der Waals surface area contributed by atoms with Crippen molar-refractivity contribution in [3.05, 3.63) is 12.2 Å². The third-order valence-corrected chi connectivity index (χ3v) is 0.686. The lowest BCUT2D eigenvalue weighted by atomic mass is 10.4. The molecule has 0 aromatic heterocycles. The Hall–Kier alpha value is -0.790. The van der Waals surface area contributed by atoms with Crippen LogP contribution in [0.2, 0.25) is 0 Å². The molecule has 2 heteroatoms. The van der Waals surface area contributed by atoms with Gasteiger partial charge in [-0.2, -0.15) is 5.10 Å². The third kappa shape index (κ3) is 7.21. The molecule has 52 valence electrons. The Morgan fingerprint density at radius 3 is 2.56 bits per heavy atom. The van der Waals surface area contributed by atoms with Crippen LogP contribution >= 0.6 is 0 Å². The van der Waals surface area contributed by atoms with Crippen LogP contribution in [0, 0.1) is 0 Å². The molecule has 0 aromatic rings. The van der Waals surface area contributed by atoms with E-state index in [1.54, 1.807) is 6.21 Å².